The number of hydrogen-bond donors (Lipinski definition) is 1. The van der Waals surface area contributed by atoms with Gasteiger partial charge in [0.1, 0.15) is 5.82 Å². The van der Waals surface area contributed by atoms with Crippen molar-refractivity contribution in [2.24, 2.45) is 0 Å². The van der Waals surface area contributed by atoms with Crippen molar-refractivity contribution in [1.29, 1.82) is 0 Å². The molecule has 0 aromatic heterocycles. The quantitative estimate of drug-likeness (QED) is 0.620. The number of halogens is 2. The first-order valence-corrected chi connectivity index (χ1v) is 5.50. The summed E-state index contributed by atoms with van der Waals surface area (Å²) < 4.78 is 12.5. The molecule has 0 aliphatic carbocycles. The number of hydrogen-bond acceptors (Lipinski definition) is 1. The number of nitrogens with one attached hydrogen (secondary N) is 1. The van der Waals surface area contributed by atoms with E-state index in [0.717, 1.165) is 30.4 Å². The molecule has 3 heteroatoms. The molecule has 0 bridgehead atoms. The molecule has 13 heavy (non-hydrogen) atoms. The molecule has 1 nitrogen and oxygen atoms in total. The molecule has 1 rings (SSSR count). The first kappa shape index (κ1) is 10.5. The van der Waals surface area contributed by atoms with E-state index in [2.05, 4.69) is 21.2 Å². The molecule has 0 saturated carbocycles. The van der Waals surface area contributed by atoms with E-state index in [4.69, 9.17) is 0 Å². The summed E-state index contributed by atoms with van der Waals surface area (Å²) in [4.78, 5) is 0. The van der Waals surface area contributed by atoms with Gasteiger partial charge in [0.25, 0.3) is 0 Å². The zero-order chi connectivity index (χ0) is 9.52. The van der Waals surface area contributed by atoms with Crippen LogP contribution in [0.1, 0.15) is 12.8 Å². The lowest BCUT2D eigenvalue weighted by Gasteiger charge is -2.04. The van der Waals surface area contributed by atoms with Gasteiger partial charge < -0.3 is 5.32 Å². The van der Waals surface area contributed by atoms with E-state index in [9.17, 15) is 4.39 Å². The topological polar surface area (TPSA) is 12.0 Å². The number of unbranched alkanes of at least 4 members (excludes halogenated alkanes) is 1. The third kappa shape index (κ3) is 4.27. The monoisotopic (exact) mass is 245 g/mol. The first-order valence-electron chi connectivity index (χ1n) is 4.38. The van der Waals surface area contributed by atoms with Crippen molar-refractivity contribution in [3.05, 3.63) is 30.1 Å². The molecule has 0 saturated heterocycles. The fraction of sp³-hybridized carbons (Fsp3) is 0.400. The Morgan fingerprint density at radius 2 is 1.85 bits per heavy atom. The average Bonchev–Trinajstić information content (AvgIpc) is 2.15. The van der Waals surface area contributed by atoms with Crippen molar-refractivity contribution in [3.8, 4) is 0 Å². The molecule has 0 unspecified atom stereocenters. The number of benzene rings is 1. The zero-order valence-corrected chi connectivity index (χ0v) is 8.98. The van der Waals surface area contributed by atoms with Gasteiger partial charge in [0.15, 0.2) is 0 Å². The summed E-state index contributed by atoms with van der Waals surface area (Å²) in [5, 5.41) is 4.26. The standard InChI is InChI=1S/C10H13BrFN/c11-7-1-2-8-13-10-5-3-9(12)4-6-10/h3-6,13H,1-2,7-8H2. The second-order valence-electron chi connectivity index (χ2n) is 2.83. The van der Waals surface area contributed by atoms with E-state index in [-0.39, 0.29) is 5.82 Å². The average molecular weight is 246 g/mol. The van der Waals surface area contributed by atoms with Gasteiger partial charge in [-0.15, -0.1) is 0 Å². The molecule has 0 aliphatic rings. The molecule has 1 N–H and O–H groups in total. The second kappa shape index (κ2) is 5.97. The minimum atomic E-state index is -0.189. The van der Waals surface area contributed by atoms with Crippen LogP contribution in [-0.4, -0.2) is 11.9 Å². The van der Waals surface area contributed by atoms with Gasteiger partial charge in [-0.3, -0.25) is 0 Å². The Labute approximate surface area is 86.5 Å². The van der Waals surface area contributed by atoms with Gasteiger partial charge in [-0.05, 0) is 37.1 Å². The molecule has 0 spiro atoms. The van der Waals surface area contributed by atoms with Gasteiger partial charge in [-0.1, -0.05) is 15.9 Å². The van der Waals surface area contributed by atoms with E-state index in [1.165, 1.54) is 12.1 Å². The predicted molar refractivity (Wildman–Crippen MR) is 57.9 cm³/mol. The smallest absolute Gasteiger partial charge is 0.123 e. The van der Waals surface area contributed by atoms with E-state index < -0.39 is 0 Å². The maximum absolute atomic E-state index is 12.5. The predicted octanol–water partition coefficient (Wildman–Crippen LogP) is 3.41. The van der Waals surface area contributed by atoms with Crippen molar-refractivity contribution in [1.82, 2.24) is 0 Å². The van der Waals surface area contributed by atoms with Crippen LogP contribution in [-0.2, 0) is 0 Å². The molecule has 0 fully saturated rings. The van der Waals surface area contributed by atoms with Crippen LogP contribution in [0.4, 0.5) is 10.1 Å². The SMILES string of the molecule is Fc1ccc(NCCCCBr)cc1. The van der Waals surface area contributed by atoms with Gasteiger partial charge in [0.2, 0.25) is 0 Å². The van der Waals surface area contributed by atoms with E-state index >= 15 is 0 Å². The Morgan fingerprint density at radius 1 is 1.15 bits per heavy atom. The lowest BCUT2D eigenvalue weighted by Crippen LogP contribution is -2.01. The summed E-state index contributed by atoms with van der Waals surface area (Å²) in [6.07, 6.45) is 2.29. The molecule has 0 radical (unpaired) electrons. The molecule has 72 valence electrons. The van der Waals surface area contributed by atoms with Crippen molar-refractivity contribution in [2.75, 3.05) is 17.2 Å². The summed E-state index contributed by atoms with van der Waals surface area (Å²) in [5.41, 5.74) is 0.982. The van der Waals surface area contributed by atoms with Crippen LogP contribution in [0.3, 0.4) is 0 Å². The summed E-state index contributed by atoms with van der Waals surface area (Å²) in [6, 6.07) is 6.44. The lowest BCUT2D eigenvalue weighted by molar-refractivity contribution is 0.628. The summed E-state index contributed by atoms with van der Waals surface area (Å²) in [6.45, 7) is 0.942. The van der Waals surface area contributed by atoms with E-state index in [1.807, 2.05) is 0 Å². The van der Waals surface area contributed by atoms with Crippen molar-refractivity contribution < 1.29 is 4.39 Å². The van der Waals surface area contributed by atoms with Crippen LogP contribution < -0.4 is 5.32 Å². The van der Waals surface area contributed by atoms with Gasteiger partial charge >= 0.3 is 0 Å². The molecule has 1 aromatic rings. The van der Waals surface area contributed by atoms with Gasteiger partial charge in [0, 0.05) is 17.6 Å². The highest BCUT2D eigenvalue weighted by atomic mass is 79.9. The minimum absolute atomic E-state index is 0.189. The van der Waals surface area contributed by atoms with Gasteiger partial charge in [0.05, 0.1) is 0 Å². The molecule has 0 amide bonds. The Kier molecular flexibility index (Phi) is 4.83. The van der Waals surface area contributed by atoms with Gasteiger partial charge in [-0.25, -0.2) is 4.39 Å². The van der Waals surface area contributed by atoms with E-state index in [0.29, 0.717) is 0 Å². The van der Waals surface area contributed by atoms with Crippen LogP contribution in [0, 0.1) is 5.82 Å². The van der Waals surface area contributed by atoms with Crippen molar-refractivity contribution in [3.63, 3.8) is 0 Å². The molecule has 0 atom stereocenters. The largest absolute Gasteiger partial charge is 0.385 e. The molecular formula is C10H13BrFN. The Bertz CT molecular complexity index is 235. The molecule has 1 aromatic carbocycles. The number of alkyl halides is 1. The number of anilines is 1. The maximum atomic E-state index is 12.5. The summed E-state index contributed by atoms with van der Waals surface area (Å²) >= 11 is 3.37. The zero-order valence-electron chi connectivity index (χ0n) is 7.39. The number of rotatable bonds is 5. The van der Waals surface area contributed by atoms with E-state index in [1.54, 1.807) is 12.1 Å². The van der Waals surface area contributed by atoms with Crippen LogP contribution in [0.5, 0.6) is 0 Å². The summed E-state index contributed by atoms with van der Waals surface area (Å²) in [7, 11) is 0. The van der Waals surface area contributed by atoms with Crippen LogP contribution in [0.15, 0.2) is 24.3 Å². The second-order valence-corrected chi connectivity index (χ2v) is 3.62. The summed E-state index contributed by atoms with van der Waals surface area (Å²) in [5.74, 6) is -0.189. The van der Waals surface area contributed by atoms with Crippen LogP contribution in [0.25, 0.3) is 0 Å². The van der Waals surface area contributed by atoms with Crippen LogP contribution in [0.2, 0.25) is 0 Å². The lowest BCUT2D eigenvalue weighted by atomic mass is 10.3. The third-order valence-electron chi connectivity index (χ3n) is 1.73. The Morgan fingerprint density at radius 3 is 2.46 bits per heavy atom. The maximum Gasteiger partial charge on any atom is 0.123 e. The van der Waals surface area contributed by atoms with Crippen LogP contribution >= 0.6 is 15.9 Å². The molecule has 0 aliphatic heterocycles. The molecule has 0 heterocycles. The highest BCUT2D eigenvalue weighted by molar-refractivity contribution is 9.09. The first-order chi connectivity index (χ1) is 6.33. The fourth-order valence-corrected chi connectivity index (χ4v) is 1.42. The highest BCUT2D eigenvalue weighted by Gasteiger charge is 1.91. The highest BCUT2D eigenvalue weighted by Crippen LogP contribution is 2.08. The van der Waals surface area contributed by atoms with Gasteiger partial charge in [-0.2, -0.15) is 0 Å². The molecular weight excluding hydrogens is 233 g/mol. The van der Waals surface area contributed by atoms with Crippen molar-refractivity contribution in [2.45, 2.75) is 12.8 Å². The van der Waals surface area contributed by atoms with Crippen molar-refractivity contribution >= 4 is 21.6 Å². The third-order valence-corrected chi connectivity index (χ3v) is 2.29. The Balaban J connectivity index is 2.25. The normalized spacial score (nSPS) is 10.0. The minimum Gasteiger partial charge on any atom is -0.385 e. The Hall–Kier alpha value is -0.570. The fourth-order valence-electron chi connectivity index (χ4n) is 1.02.